The number of carbonyl (C=O) groups excluding carboxylic acids is 1. The Morgan fingerprint density at radius 2 is 2.30 bits per heavy atom. The van der Waals surface area contributed by atoms with Crippen molar-refractivity contribution in [1.29, 1.82) is 0 Å². The maximum absolute atomic E-state index is 12.3. The van der Waals surface area contributed by atoms with Crippen LogP contribution in [0.2, 0.25) is 0 Å². The molecule has 0 saturated heterocycles. The molecule has 1 atom stereocenters. The van der Waals surface area contributed by atoms with Crippen LogP contribution in [0, 0.1) is 5.41 Å². The molecule has 0 aromatic carbocycles. The van der Waals surface area contributed by atoms with Crippen LogP contribution in [-0.4, -0.2) is 31.7 Å². The molecule has 1 aromatic rings. The summed E-state index contributed by atoms with van der Waals surface area (Å²) in [5.74, 6) is -0.995. The average Bonchev–Trinajstić information content (AvgIpc) is 2.79. The van der Waals surface area contributed by atoms with Crippen LogP contribution in [0.3, 0.4) is 0 Å². The molecule has 0 fully saturated rings. The Hall–Kier alpha value is -2.18. The first-order chi connectivity index (χ1) is 9.39. The van der Waals surface area contributed by atoms with E-state index in [1.165, 1.54) is 16.6 Å². The summed E-state index contributed by atoms with van der Waals surface area (Å²) in [6.07, 6.45) is 5.76. The molecule has 7 nitrogen and oxygen atoms in total. The monoisotopic (exact) mass is 278 g/mol. The van der Waals surface area contributed by atoms with E-state index >= 15 is 0 Å². The molecule has 0 spiro atoms. The second-order valence-corrected chi connectivity index (χ2v) is 5.43. The minimum absolute atomic E-state index is 0.130. The number of carbonyl (C=O) groups is 2. The lowest BCUT2D eigenvalue weighted by Crippen LogP contribution is -2.35. The second kappa shape index (κ2) is 5.44. The summed E-state index contributed by atoms with van der Waals surface area (Å²) < 4.78 is 1.17. The SMILES string of the molecule is CC1=CCC(C)(C(=O)Nc2ncn(CC(=O)O)n2)CC1. The Morgan fingerprint density at radius 1 is 1.55 bits per heavy atom. The van der Waals surface area contributed by atoms with E-state index in [1.54, 1.807) is 0 Å². The quantitative estimate of drug-likeness (QED) is 0.812. The normalized spacial score (nSPS) is 22.2. The van der Waals surface area contributed by atoms with Crippen LogP contribution in [0.15, 0.2) is 18.0 Å². The highest BCUT2D eigenvalue weighted by molar-refractivity contribution is 5.93. The van der Waals surface area contributed by atoms with E-state index in [0.717, 1.165) is 12.8 Å². The standard InChI is InChI=1S/C13H18N4O3/c1-9-3-5-13(2,6-4-9)11(20)15-12-14-8-17(16-12)7-10(18)19/h3,8H,4-7H2,1-2H3,(H,18,19)(H,15,16,20). The molecule has 0 radical (unpaired) electrons. The van der Waals surface area contributed by atoms with E-state index in [9.17, 15) is 9.59 Å². The van der Waals surface area contributed by atoms with Crippen LogP contribution in [0.1, 0.15) is 33.1 Å². The number of nitrogens with one attached hydrogen (secondary N) is 1. The summed E-state index contributed by atoms with van der Waals surface area (Å²) in [6, 6.07) is 0. The topological polar surface area (TPSA) is 97.1 Å². The molecule has 1 heterocycles. The van der Waals surface area contributed by atoms with Crippen molar-refractivity contribution in [2.24, 2.45) is 5.41 Å². The van der Waals surface area contributed by atoms with Crippen LogP contribution >= 0.6 is 0 Å². The molecule has 1 amide bonds. The van der Waals surface area contributed by atoms with Crippen molar-refractivity contribution in [1.82, 2.24) is 14.8 Å². The third-order valence-electron chi connectivity index (χ3n) is 3.58. The zero-order valence-corrected chi connectivity index (χ0v) is 11.6. The summed E-state index contributed by atoms with van der Waals surface area (Å²) >= 11 is 0. The van der Waals surface area contributed by atoms with Crippen molar-refractivity contribution in [2.45, 2.75) is 39.7 Å². The fourth-order valence-electron chi connectivity index (χ4n) is 2.10. The zero-order valence-electron chi connectivity index (χ0n) is 11.6. The largest absolute Gasteiger partial charge is 0.480 e. The molecule has 0 bridgehead atoms. The molecule has 0 aliphatic heterocycles. The number of hydrogen-bond acceptors (Lipinski definition) is 4. The molecule has 1 unspecified atom stereocenters. The number of nitrogens with zero attached hydrogens (tertiary/aromatic N) is 3. The first kappa shape index (κ1) is 14.2. The van der Waals surface area contributed by atoms with E-state index in [4.69, 9.17) is 5.11 Å². The molecular formula is C13H18N4O3. The van der Waals surface area contributed by atoms with Gasteiger partial charge in [-0.1, -0.05) is 18.6 Å². The number of hydrogen-bond donors (Lipinski definition) is 2. The summed E-state index contributed by atoms with van der Waals surface area (Å²) in [5, 5.41) is 15.2. The summed E-state index contributed by atoms with van der Waals surface area (Å²) in [4.78, 5) is 26.7. The number of aliphatic carboxylic acids is 1. The fraction of sp³-hybridized carbons (Fsp3) is 0.538. The van der Waals surface area contributed by atoms with Crippen LogP contribution in [0.5, 0.6) is 0 Å². The highest BCUT2D eigenvalue weighted by atomic mass is 16.4. The molecule has 7 heteroatoms. The second-order valence-electron chi connectivity index (χ2n) is 5.43. The lowest BCUT2D eigenvalue weighted by Gasteiger charge is -2.30. The predicted octanol–water partition coefficient (Wildman–Crippen LogP) is 1.44. The van der Waals surface area contributed by atoms with Gasteiger partial charge in [0.05, 0.1) is 5.41 Å². The number of carboxylic acid groups (broad SMARTS) is 1. The van der Waals surface area contributed by atoms with Gasteiger partial charge in [0, 0.05) is 0 Å². The van der Waals surface area contributed by atoms with Gasteiger partial charge in [-0.15, -0.1) is 5.10 Å². The number of amides is 1. The van der Waals surface area contributed by atoms with Gasteiger partial charge in [-0.2, -0.15) is 0 Å². The molecular weight excluding hydrogens is 260 g/mol. The van der Waals surface area contributed by atoms with Gasteiger partial charge in [0.1, 0.15) is 12.9 Å². The van der Waals surface area contributed by atoms with Crippen LogP contribution in [0.4, 0.5) is 5.95 Å². The smallest absolute Gasteiger partial charge is 0.325 e. The first-order valence-corrected chi connectivity index (χ1v) is 6.47. The summed E-state index contributed by atoms with van der Waals surface area (Å²) in [5.41, 5.74) is 0.844. The third-order valence-corrected chi connectivity index (χ3v) is 3.58. The van der Waals surface area contributed by atoms with E-state index < -0.39 is 11.4 Å². The lowest BCUT2D eigenvalue weighted by atomic mass is 9.76. The van der Waals surface area contributed by atoms with Crippen LogP contribution in [-0.2, 0) is 16.1 Å². The van der Waals surface area contributed by atoms with Crippen molar-refractivity contribution in [3.63, 3.8) is 0 Å². The first-order valence-electron chi connectivity index (χ1n) is 6.47. The van der Waals surface area contributed by atoms with Crippen molar-refractivity contribution < 1.29 is 14.7 Å². The average molecular weight is 278 g/mol. The Labute approximate surface area is 116 Å². The highest BCUT2D eigenvalue weighted by Crippen LogP contribution is 2.35. The van der Waals surface area contributed by atoms with E-state index in [-0.39, 0.29) is 18.4 Å². The van der Waals surface area contributed by atoms with Gasteiger partial charge >= 0.3 is 5.97 Å². The molecule has 20 heavy (non-hydrogen) atoms. The van der Waals surface area contributed by atoms with Crippen molar-refractivity contribution in [2.75, 3.05) is 5.32 Å². The molecule has 1 aromatic heterocycles. The number of anilines is 1. The Bertz CT molecular complexity index is 564. The minimum Gasteiger partial charge on any atom is -0.480 e. The van der Waals surface area contributed by atoms with Gasteiger partial charge in [-0.05, 0) is 26.2 Å². The van der Waals surface area contributed by atoms with Gasteiger partial charge in [0.25, 0.3) is 0 Å². The summed E-state index contributed by atoms with van der Waals surface area (Å²) in [6.45, 7) is 3.70. The van der Waals surface area contributed by atoms with Crippen LogP contribution < -0.4 is 5.32 Å². The number of rotatable bonds is 4. The van der Waals surface area contributed by atoms with E-state index in [1.807, 2.05) is 6.92 Å². The van der Waals surface area contributed by atoms with Gasteiger partial charge in [0.15, 0.2) is 0 Å². The Kier molecular flexibility index (Phi) is 3.87. The van der Waals surface area contributed by atoms with Gasteiger partial charge in [-0.3, -0.25) is 14.9 Å². The number of aromatic nitrogens is 3. The molecule has 2 rings (SSSR count). The van der Waals surface area contributed by atoms with Crippen molar-refractivity contribution >= 4 is 17.8 Å². The molecule has 1 aliphatic carbocycles. The number of allylic oxidation sites excluding steroid dienone is 2. The number of carboxylic acids is 1. The summed E-state index contributed by atoms with van der Waals surface area (Å²) in [7, 11) is 0. The molecule has 108 valence electrons. The fourth-order valence-corrected chi connectivity index (χ4v) is 2.10. The lowest BCUT2D eigenvalue weighted by molar-refractivity contribution is -0.137. The predicted molar refractivity (Wildman–Crippen MR) is 72.0 cm³/mol. The molecule has 0 saturated carbocycles. The zero-order chi connectivity index (χ0) is 14.8. The Morgan fingerprint density at radius 3 is 2.90 bits per heavy atom. The maximum atomic E-state index is 12.3. The van der Waals surface area contributed by atoms with Crippen molar-refractivity contribution in [3.8, 4) is 0 Å². The van der Waals surface area contributed by atoms with E-state index in [2.05, 4.69) is 28.4 Å². The Balaban J connectivity index is 2.01. The van der Waals surface area contributed by atoms with Crippen molar-refractivity contribution in [3.05, 3.63) is 18.0 Å². The van der Waals surface area contributed by atoms with Gasteiger partial charge in [0.2, 0.25) is 11.9 Å². The van der Waals surface area contributed by atoms with Crippen LogP contribution in [0.25, 0.3) is 0 Å². The molecule has 1 aliphatic rings. The van der Waals surface area contributed by atoms with Gasteiger partial charge in [-0.25, -0.2) is 9.67 Å². The van der Waals surface area contributed by atoms with E-state index in [0.29, 0.717) is 6.42 Å². The molecule has 2 N–H and O–H groups in total. The minimum atomic E-state index is -1.01. The van der Waals surface area contributed by atoms with Gasteiger partial charge < -0.3 is 5.11 Å². The maximum Gasteiger partial charge on any atom is 0.325 e. The third kappa shape index (κ3) is 3.23. The highest BCUT2D eigenvalue weighted by Gasteiger charge is 2.34.